The molecule has 170 valence electrons. The Bertz CT molecular complexity index is 1110. The molecule has 0 fully saturated rings. The van der Waals surface area contributed by atoms with Gasteiger partial charge in [-0.25, -0.2) is 14.3 Å². The first-order chi connectivity index (χ1) is 16.1. The fourth-order valence-electron chi connectivity index (χ4n) is 3.78. The van der Waals surface area contributed by atoms with Crippen molar-refractivity contribution < 1.29 is 14.3 Å². The SMILES string of the molecule is CCOC(=O)C1=CN(CCCc2cn(Cc3ccccc3)nn2)C(=O)NC1c1ccccc1. The van der Waals surface area contributed by atoms with Crippen LogP contribution in [0.3, 0.4) is 0 Å². The van der Waals surface area contributed by atoms with Crippen LogP contribution < -0.4 is 5.32 Å². The Balaban J connectivity index is 1.40. The number of aryl methyl sites for hydroxylation is 1. The van der Waals surface area contributed by atoms with E-state index in [2.05, 4.69) is 15.6 Å². The molecule has 33 heavy (non-hydrogen) atoms. The molecule has 4 rings (SSSR count). The Morgan fingerprint density at radius 3 is 2.55 bits per heavy atom. The Hall–Kier alpha value is -3.94. The van der Waals surface area contributed by atoms with E-state index in [0.717, 1.165) is 16.8 Å². The number of nitrogens with zero attached hydrogens (tertiary/aromatic N) is 4. The largest absolute Gasteiger partial charge is 0.463 e. The average molecular weight is 446 g/mol. The Kier molecular flexibility index (Phi) is 7.14. The van der Waals surface area contributed by atoms with Crippen LogP contribution in [0.1, 0.15) is 36.2 Å². The van der Waals surface area contributed by atoms with Gasteiger partial charge in [-0.2, -0.15) is 0 Å². The molecule has 1 atom stereocenters. The third-order valence-corrected chi connectivity index (χ3v) is 5.38. The molecular weight excluding hydrogens is 418 g/mol. The molecule has 1 unspecified atom stereocenters. The van der Waals surface area contributed by atoms with Crippen LogP contribution in [-0.4, -0.2) is 45.0 Å². The van der Waals surface area contributed by atoms with Crippen LogP contribution in [0, 0.1) is 0 Å². The van der Waals surface area contributed by atoms with Crippen molar-refractivity contribution >= 4 is 12.0 Å². The number of carbonyl (C=O) groups is 2. The summed E-state index contributed by atoms with van der Waals surface area (Å²) < 4.78 is 7.04. The number of ether oxygens (including phenoxy) is 1. The average Bonchev–Trinajstić information content (AvgIpc) is 3.28. The lowest BCUT2D eigenvalue weighted by molar-refractivity contribution is -0.139. The Labute approximate surface area is 192 Å². The van der Waals surface area contributed by atoms with Gasteiger partial charge in [0.2, 0.25) is 0 Å². The molecule has 0 bridgehead atoms. The smallest absolute Gasteiger partial charge is 0.337 e. The highest BCUT2D eigenvalue weighted by Crippen LogP contribution is 2.27. The number of carbonyl (C=O) groups excluding carboxylic acids is 2. The van der Waals surface area contributed by atoms with Crippen LogP contribution in [0.4, 0.5) is 4.79 Å². The van der Waals surface area contributed by atoms with E-state index in [1.807, 2.05) is 71.5 Å². The maximum absolute atomic E-state index is 12.7. The van der Waals surface area contributed by atoms with Crippen molar-refractivity contribution in [3.8, 4) is 0 Å². The summed E-state index contributed by atoms with van der Waals surface area (Å²) in [4.78, 5) is 26.9. The van der Waals surface area contributed by atoms with E-state index in [0.29, 0.717) is 31.5 Å². The second-order valence-corrected chi connectivity index (χ2v) is 7.79. The zero-order chi connectivity index (χ0) is 23.0. The normalized spacial score (nSPS) is 15.7. The van der Waals surface area contributed by atoms with Gasteiger partial charge in [-0.05, 0) is 30.9 Å². The molecule has 0 spiro atoms. The number of nitrogens with one attached hydrogen (secondary N) is 1. The topological polar surface area (TPSA) is 89.3 Å². The number of amides is 2. The molecule has 2 amide bonds. The lowest BCUT2D eigenvalue weighted by atomic mass is 9.98. The predicted molar refractivity (Wildman–Crippen MR) is 123 cm³/mol. The molecule has 3 aromatic rings. The van der Waals surface area contributed by atoms with Gasteiger partial charge in [-0.1, -0.05) is 65.9 Å². The van der Waals surface area contributed by atoms with E-state index < -0.39 is 12.0 Å². The number of hydrogen-bond donors (Lipinski definition) is 1. The summed E-state index contributed by atoms with van der Waals surface area (Å²) in [5, 5.41) is 11.4. The molecular formula is C25H27N5O3. The van der Waals surface area contributed by atoms with Crippen LogP contribution in [0.25, 0.3) is 0 Å². The molecule has 0 saturated carbocycles. The monoisotopic (exact) mass is 445 g/mol. The maximum Gasteiger partial charge on any atom is 0.337 e. The van der Waals surface area contributed by atoms with E-state index in [1.165, 1.54) is 4.90 Å². The highest BCUT2D eigenvalue weighted by Gasteiger charge is 2.32. The van der Waals surface area contributed by atoms with Crippen LogP contribution in [0.15, 0.2) is 78.6 Å². The number of aromatic nitrogens is 3. The number of hydrogen-bond acceptors (Lipinski definition) is 5. The van der Waals surface area contributed by atoms with Gasteiger partial charge in [0.25, 0.3) is 0 Å². The number of urea groups is 1. The fourth-order valence-corrected chi connectivity index (χ4v) is 3.78. The summed E-state index contributed by atoms with van der Waals surface area (Å²) in [7, 11) is 0. The quantitative estimate of drug-likeness (QED) is 0.510. The van der Waals surface area contributed by atoms with Gasteiger partial charge in [0.1, 0.15) is 0 Å². The molecule has 0 radical (unpaired) electrons. The maximum atomic E-state index is 12.7. The molecule has 1 N–H and O–H groups in total. The predicted octanol–water partition coefficient (Wildman–Crippen LogP) is 3.47. The molecule has 1 aromatic heterocycles. The minimum Gasteiger partial charge on any atom is -0.463 e. The first-order valence-electron chi connectivity index (χ1n) is 11.1. The second-order valence-electron chi connectivity index (χ2n) is 7.79. The standard InChI is InChI=1S/C25H27N5O3/c1-2-33-24(31)22-18-29(25(32)26-23(22)20-12-7-4-8-13-20)15-9-14-21-17-30(28-27-21)16-19-10-5-3-6-11-19/h3-8,10-13,17-18,23H,2,9,14-16H2,1H3,(H,26,32). The molecule has 8 heteroatoms. The van der Waals surface area contributed by atoms with Crippen LogP contribution in [0.5, 0.6) is 0 Å². The van der Waals surface area contributed by atoms with Gasteiger partial charge in [-0.15, -0.1) is 5.10 Å². The van der Waals surface area contributed by atoms with E-state index in [1.54, 1.807) is 13.1 Å². The fraction of sp³-hybridized carbons (Fsp3) is 0.280. The molecule has 0 saturated heterocycles. The van der Waals surface area contributed by atoms with Crippen molar-refractivity contribution in [3.63, 3.8) is 0 Å². The lowest BCUT2D eigenvalue weighted by Gasteiger charge is -2.31. The van der Waals surface area contributed by atoms with Crippen molar-refractivity contribution in [2.45, 2.75) is 32.4 Å². The Morgan fingerprint density at radius 1 is 1.09 bits per heavy atom. The zero-order valence-corrected chi connectivity index (χ0v) is 18.6. The summed E-state index contributed by atoms with van der Waals surface area (Å²) in [6.07, 6.45) is 4.89. The summed E-state index contributed by atoms with van der Waals surface area (Å²) in [5.74, 6) is -0.430. The molecule has 1 aliphatic heterocycles. The summed E-state index contributed by atoms with van der Waals surface area (Å²) >= 11 is 0. The van der Waals surface area contributed by atoms with Gasteiger partial charge >= 0.3 is 12.0 Å². The Morgan fingerprint density at radius 2 is 1.82 bits per heavy atom. The summed E-state index contributed by atoms with van der Waals surface area (Å²) in [5.41, 5.74) is 3.26. The van der Waals surface area contributed by atoms with Gasteiger partial charge in [0.15, 0.2) is 0 Å². The number of esters is 1. The van der Waals surface area contributed by atoms with Crippen molar-refractivity contribution in [2.24, 2.45) is 0 Å². The van der Waals surface area contributed by atoms with Crippen molar-refractivity contribution in [1.82, 2.24) is 25.2 Å². The minimum absolute atomic E-state index is 0.246. The zero-order valence-electron chi connectivity index (χ0n) is 18.6. The summed E-state index contributed by atoms with van der Waals surface area (Å²) in [6.45, 7) is 3.14. The highest BCUT2D eigenvalue weighted by molar-refractivity contribution is 5.93. The van der Waals surface area contributed by atoms with E-state index in [4.69, 9.17) is 4.74 Å². The molecule has 1 aliphatic rings. The van der Waals surface area contributed by atoms with Gasteiger partial charge < -0.3 is 15.0 Å². The van der Waals surface area contributed by atoms with Crippen LogP contribution in [0.2, 0.25) is 0 Å². The van der Waals surface area contributed by atoms with Gasteiger partial charge in [0.05, 0.1) is 30.5 Å². The second kappa shape index (κ2) is 10.6. The van der Waals surface area contributed by atoms with E-state index in [9.17, 15) is 9.59 Å². The van der Waals surface area contributed by atoms with Crippen molar-refractivity contribution in [3.05, 3.63) is 95.5 Å². The van der Waals surface area contributed by atoms with E-state index >= 15 is 0 Å². The van der Waals surface area contributed by atoms with Crippen molar-refractivity contribution in [1.29, 1.82) is 0 Å². The van der Waals surface area contributed by atoms with Crippen LogP contribution >= 0.6 is 0 Å². The van der Waals surface area contributed by atoms with Gasteiger partial charge in [0, 0.05) is 18.9 Å². The molecule has 2 heterocycles. The lowest BCUT2D eigenvalue weighted by Crippen LogP contribution is -2.45. The van der Waals surface area contributed by atoms with Crippen LogP contribution in [-0.2, 0) is 22.5 Å². The molecule has 2 aromatic carbocycles. The van der Waals surface area contributed by atoms with Crippen molar-refractivity contribution in [2.75, 3.05) is 13.2 Å². The first kappa shape index (κ1) is 22.3. The number of rotatable bonds is 9. The third kappa shape index (κ3) is 5.65. The third-order valence-electron chi connectivity index (χ3n) is 5.38. The van der Waals surface area contributed by atoms with Gasteiger partial charge in [-0.3, -0.25) is 0 Å². The number of benzene rings is 2. The highest BCUT2D eigenvalue weighted by atomic mass is 16.5. The molecule has 0 aliphatic carbocycles. The first-order valence-corrected chi connectivity index (χ1v) is 11.1. The summed E-state index contributed by atoms with van der Waals surface area (Å²) in [6, 6.07) is 18.7. The molecule has 8 nitrogen and oxygen atoms in total. The van der Waals surface area contributed by atoms with E-state index in [-0.39, 0.29) is 12.6 Å². The minimum atomic E-state index is -0.535.